The number of nitrogens with one attached hydrogen (secondary N) is 1. The topological polar surface area (TPSA) is 208 Å². The fraction of sp³-hybridized carbons (Fsp3) is 0.643. The SMILES string of the molecule is CC(=O)N[C@@](N)(CC(C)C)C(=O)OC1C(=O)OOB2OOC(=O)CC1(O)C(=O)OO2. The largest absolute Gasteiger partial charge is 0.754 e. The first-order valence-corrected chi connectivity index (χ1v) is 8.49. The van der Waals surface area contributed by atoms with Crippen LogP contribution in [0, 0.1) is 5.92 Å². The molecule has 1 amide bonds. The first-order valence-electron chi connectivity index (χ1n) is 8.49. The van der Waals surface area contributed by atoms with E-state index in [2.05, 4.69) is 34.4 Å². The molecule has 0 radical (unpaired) electrons. The minimum atomic E-state index is -3.19. The maximum atomic E-state index is 12.7. The summed E-state index contributed by atoms with van der Waals surface area (Å²) in [4.78, 5) is 86.3. The average molecular weight is 434 g/mol. The van der Waals surface area contributed by atoms with Gasteiger partial charge in [0.15, 0.2) is 5.66 Å². The van der Waals surface area contributed by atoms with E-state index in [-0.39, 0.29) is 12.3 Å². The monoisotopic (exact) mass is 434 g/mol. The lowest BCUT2D eigenvalue weighted by molar-refractivity contribution is -0.312. The van der Waals surface area contributed by atoms with Crippen LogP contribution >= 0.6 is 0 Å². The lowest BCUT2D eigenvalue weighted by atomic mass is 9.92. The number of nitrogens with two attached hydrogens (primary N) is 1. The van der Waals surface area contributed by atoms with Crippen LogP contribution in [0.2, 0.25) is 0 Å². The minimum absolute atomic E-state index is 0.159. The normalized spacial score (nSPS) is 26.7. The van der Waals surface area contributed by atoms with Gasteiger partial charge < -0.3 is 29.8 Å². The number of rotatable bonds is 5. The second-order valence-corrected chi connectivity index (χ2v) is 6.94. The fourth-order valence-corrected chi connectivity index (χ4v) is 2.64. The van der Waals surface area contributed by atoms with E-state index in [0.717, 1.165) is 6.92 Å². The Balaban J connectivity index is 2.43. The zero-order chi connectivity index (χ0) is 22.7. The molecule has 0 spiro atoms. The van der Waals surface area contributed by atoms with E-state index in [1.807, 2.05) is 0 Å². The Bertz CT molecular complexity index is 745. The van der Waals surface area contributed by atoms with Crippen LogP contribution < -0.4 is 11.1 Å². The Morgan fingerprint density at radius 3 is 2.47 bits per heavy atom. The van der Waals surface area contributed by atoms with Gasteiger partial charge in [0.1, 0.15) is 0 Å². The highest BCUT2D eigenvalue weighted by molar-refractivity contribution is 6.35. The van der Waals surface area contributed by atoms with E-state index in [4.69, 9.17) is 10.5 Å². The second kappa shape index (κ2) is 8.92. The summed E-state index contributed by atoms with van der Waals surface area (Å²) in [6, 6.07) is 0. The van der Waals surface area contributed by atoms with Crippen molar-refractivity contribution in [2.75, 3.05) is 0 Å². The summed E-state index contributed by atoms with van der Waals surface area (Å²) < 4.78 is 4.92. The molecule has 0 aliphatic carbocycles. The average Bonchev–Trinajstić information content (AvgIpc) is 2.69. The number of amides is 1. The molecule has 2 unspecified atom stereocenters. The van der Waals surface area contributed by atoms with Crippen LogP contribution in [0.4, 0.5) is 0 Å². The number of carbonyl (C=O) groups is 5. The number of esters is 1. The molecule has 2 saturated heterocycles. The molecule has 2 bridgehead atoms. The van der Waals surface area contributed by atoms with Crippen molar-refractivity contribution in [1.29, 1.82) is 0 Å². The second-order valence-electron chi connectivity index (χ2n) is 6.94. The van der Waals surface area contributed by atoms with Crippen molar-refractivity contribution >= 4 is 37.1 Å². The van der Waals surface area contributed by atoms with E-state index >= 15 is 0 Å². The fourth-order valence-electron chi connectivity index (χ4n) is 2.64. The molecule has 2 rings (SSSR count). The van der Waals surface area contributed by atoms with Crippen molar-refractivity contribution < 1.29 is 62.9 Å². The van der Waals surface area contributed by atoms with Crippen molar-refractivity contribution in [3.63, 3.8) is 0 Å². The Morgan fingerprint density at radius 1 is 1.27 bits per heavy atom. The predicted molar refractivity (Wildman–Crippen MR) is 86.9 cm³/mol. The summed E-state index contributed by atoms with van der Waals surface area (Å²) in [6.45, 7) is 4.42. The molecule has 4 N–H and O–H groups in total. The van der Waals surface area contributed by atoms with Crippen LogP contribution in [0.3, 0.4) is 0 Å². The van der Waals surface area contributed by atoms with Crippen LogP contribution in [0.25, 0.3) is 0 Å². The van der Waals surface area contributed by atoms with Gasteiger partial charge in [-0.1, -0.05) is 13.8 Å². The van der Waals surface area contributed by atoms with Gasteiger partial charge in [-0.2, -0.15) is 14.4 Å². The first-order chi connectivity index (χ1) is 13.9. The number of hydrogen-bond donors (Lipinski definition) is 3. The van der Waals surface area contributed by atoms with Crippen LogP contribution in [-0.4, -0.2) is 59.6 Å². The van der Waals surface area contributed by atoms with Crippen LogP contribution in [-0.2, 0) is 57.8 Å². The maximum absolute atomic E-state index is 12.7. The molecule has 0 aromatic rings. The maximum Gasteiger partial charge on any atom is 0.754 e. The highest BCUT2D eigenvalue weighted by Crippen LogP contribution is 2.28. The number of carbonyl (C=O) groups excluding carboxylic acids is 5. The van der Waals surface area contributed by atoms with E-state index < -0.39 is 60.9 Å². The van der Waals surface area contributed by atoms with E-state index in [9.17, 15) is 29.1 Å². The van der Waals surface area contributed by atoms with Gasteiger partial charge in [0, 0.05) is 6.92 Å². The van der Waals surface area contributed by atoms with Gasteiger partial charge >= 0.3 is 31.2 Å². The number of ether oxygens (including phenoxy) is 1. The third kappa shape index (κ3) is 5.22. The van der Waals surface area contributed by atoms with Crippen molar-refractivity contribution in [1.82, 2.24) is 5.32 Å². The van der Waals surface area contributed by atoms with Crippen LogP contribution in [0.15, 0.2) is 0 Å². The number of hydrogen-bond acceptors (Lipinski definition) is 14. The summed E-state index contributed by atoms with van der Waals surface area (Å²) in [5.41, 5.74) is 0.588. The van der Waals surface area contributed by atoms with E-state index in [1.54, 1.807) is 13.8 Å². The molecule has 3 atom stereocenters. The molecule has 16 heteroatoms. The molecular formula is C14H19BN2O13. The molecule has 2 aliphatic heterocycles. The van der Waals surface area contributed by atoms with Gasteiger partial charge in [0.2, 0.25) is 17.6 Å². The van der Waals surface area contributed by atoms with E-state index in [1.165, 1.54) is 0 Å². The zero-order valence-corrected chi connectivity index (χ0v) is 16.1. The first kappa shape index (κ1) is 23.5. The van der Waals surface area contributed by atoms with Gasteiger partial charge in [0.25, 0.3) is 0 Å². The third-order valence-corrected chi connectivity index (χ3v) is 3.76. The summed E-state index contributed by atoms with van der Waals surface area (Å²) in [5.74, 6) is -7.16. The molecule has 30 heavy (non-hydrogen) atoms. The Labute approximate surface area is 168 Å². The van der Waals surface area contributed by atoms with Gasteiger partial charge in [-0.05, 0) is 12.3 Å². The lowest BCUT2D eigenvalue weighted by Crippen LogP contribution is -2.65. The highest BCUT2D eigenvalue weighted by Gasteiger charge is 2.59. The van der Waals surface area contributed by atoms with Gasteiger partial charge in [0.05, 0.1) is 6.42 Å². The summed E-state index contributed by atoms with van der Waals surface area (Å²) in [6.07, 6.45) is -3.97. The summed E-state index contributed by atoms with van der Waals surface area (Å²) in [7, 11) is -2.16. The zero-order valence-electron chi connectivity index (χ0n) is 16.1. The van der Waals surface area contributed by atoms with E-state index in [0.29, 0.717) is 0 Å². The van der Waals surface area contributed by atoms with Crippen LogP contribution in [0.5, 0.6) is 0 Å². The molecule has 2 heterocycles. The Hall–Kier alpha value is -2.79. The van der Waals surface area contributed by atoms with Gasteiger partial charge in [-0.3, -0.25) is 10.5 Å². The molecule has 0 aromatic heterocycles. The molecule has 0 saturated carbocycles. The summed E-state index contributed by atoms with van der Waals surface area (Å²) >= 11 is 0. The number of fused-ring (bicyclic) bond motifs is 4. The highest BCUT2D eigenvalue weighted by atomic mass is 17.4. The smallest absolute Gasteiger partial charge is 0.444 e. The molecule has 166 valence electrons. The standard InChI is InChI=1S/C14H19BN2O13/c1-6(2)4-14(16,17-7(3)18)12(22)24-9-10(20)26-29-15-28-25-8(19)5-13(9,23)11(21)27-30-15/h6,9,23H,4-5,16H2,1-3H3,(H,17,18)/t9?,13?,14-/m0/s1. The van der Waals surface area contributed by atoms with Crippen molar-refractivity contribution in [2.24, 2.45) is 11.7 Å². The number of aliphatic hydroxyl groups is 1. The molecule has 15 nitrogen and oxygen atoms in total. The lowest BCUT2D eigenvalue weighted by Gasteiger charge is -2.34. The van der Waals surface area contributed by atoms with Gasteiger partial charge in [-0.25, -0.2) is 19.2 Å². The Kier molecular flexibility index (Phi) is 6.99. The molecule has 0 aromatic carbocycles. The molecule has 2 aliphatic rings. The molecular weight excluding hydrogens is 415 g/mol. The van der Waals surface area contributed by atoms with Gasteiger partial charge in [-0.15, -0.1) is 0 Å². The summed E-state index contributed by atoms with van der Waals surface area (Å²) in [5, 5.41) is 12.9. The quantitative estimate of drug-likeness (QED) is 0.174. The molecule has 2 fully saturated rings. The van der Waals surface area contributed by atoms with Crippen molar-refractivity contribution in [2.45, 2.75) is 51.0 Å². The van der Waals surface area contributed by atoms with Crippen LogP contribution in [0.1, 0.15) is 33.6 Å². The van der Waals surface area contributed by atoms with Crippen molar-refractivity contribution in [3.05, 3.63) is 0 Å². The Morgan fingerprint density at radius 2 is 1.87 bits per heavy atom. The van der Waals surface area contributed by atoms with Crippen molar-refractivity contribution in [3.8, 4) is 0 Å². The predicted octanol–water partition coefficient (Wildman–Crippen LogP) is -2.71. The minimum Gasteiger partial charge on any atom is -0.444 e. The third-order valence-electron chi connectivity index (χ3n) is 3.76.